The van der Waals surface area contributed by atoms with Crippen LogP contribution in [0.1, 0.15) is 19.3 Å². The van der Waals surface area contributed by atoms with E-state index in [1.807, 2.05) is 0 Å². The minimum absolute atomic E-state index is 0.112. The third kappa shape index (κ3) is 3.16. The van der Waals surface area contributed by atoms with Gasteiger partial charge in [0, 0.05) is 33.6 Å². The number of carboxylic acid groups (broad SMARTS) is 1. The maximum absolute atomic E-state index is 11.8. The Morgan fingerprint density at radius 3 is 2.62 bits per heavy atom. The molecule has 0 bridgehead atoms. The predicted octanol–water partition coefficient (Wildman–Crippen LogP) is -0.0205. The van der Waals surface area contributed by atoms with E-state index in [2.05, 4.69) is 0 Å². The lowest BCUT2D eigenvalue weighted by atomic mass is 10.0. The van der Waals surface area contributed by atoms with Gasteiger partial charge in [0.15, 0.2) is 0 Å². The van der Waals surface area contributed by atoms with Crippen molar-refractivity contribution in [3.05, 3.63) is 0 Å². The summed E-state index contributed by atoms with van der Waals surface area (Å²) < 4.78 is 26.1. The van der Waals surface area contributed by atoms with Crippen LogP contribution in [0, 0.1) is 5.92 Å². The Bertz CT molecular complexity index is 353. The summed E-state index contributed by atoms with van der Waals surface area (Å²) in [5.74, 6) is -0.653. The lowest BCUT2D eigenvalue weighted by molar-refractivity contribution is -0.137. The van der Waals surface area contributed by atoms with E-state index in [4.69, 9.17) is 5.11 Å². The summed E-state index contributed by atoms with van der Waals surface area (Å²) in [5.41, 5.74) is 0. The average Bonchev–Trinajstić information content (AvgIpc) is 2.63. The maximum atomic E-state index is 11.8. The molecular weight excluding hydrogens is 232 g/mol. The number of hydrogen-bond donors (Lipinski definition) is 1. The van der Waals surface area contributed by atoms with E-state index < -0.39 is 16.2 Å². The molecule has 1 N–H and O–H groups in total. The van der Waals surface area contributed by atoms with Crippen LogP contribution in [0.3, 0.4) is 0 Å². The quantitative estimate of drug-likeness (QED) is 0.744. The summed E-state index contributed by atoms with van der Waals surface area (Å²) in [4.78, 5) is 10.4. The van der Waals surface area contributed by atoms with Crippen LogP contribution in [-0.2, 0) is 15.0 Å². The van der Waals surface area contributed by atoms with Crippen molar-refractivity contribution in [1.82, 2.24) is 8.61 Å². The van der Waals surface area contributed by atoms with Gasteiger partial charge in [-0.15, -0.1) is 0 Å². The van der Waals surface area contributed by atoms with Crippen molar-refractivity contribution in [3.8, 4) is 0 Å². The second-order valence-corrected chi connectivity index (χ2v) is 6.38. The van der Waals surface area contributed by atoms with Gasteiger partial charge >= 0.3 is 5.97 Å². The highest BCUT2D eigenvalue weighted by atomic mass is 32.2. The molecule has 1 saturated heterocycles. The van der Waals surface area contributed by atoms with Crippen molar-refractivity contribution < 1.29 is 18.3 Å². The van der Waals surface area contributed by atoms with Crippen LogP contribution in [0.2, 0.25) is 0 Å². The number of nitrogens with zero attached hydrogens (tertiary/aromatic N) is 2. The molecule has 0 aromatic heterocycles. The molecule has 1 aliphatic rings. The molecule has 1 heterocycles. The van der Waals surface area contributed by atoms with Crippen molar-refractivity contribution in [2.75, 3.05) is 27.2 Å². The first-order valence-corrected chi connectivity index (χ1v) is 6.63. The molecule has 16 heavy (non-hydrogen) atoms. The van der Waals surface area contributed by atoms with Crippen molar-refractivity contribution in [2.45, 2.75) is 19.3 Å². The van der Waals surface area contributed by atoms with E-state index in [-0.39, 0.29) is 12.3 Å². The summed E-state index contributed by atoms with van der Waals surface area (Å²) in [5, 5.41) is 8.55. The molecule has 1 rings (SSSR count). The zero-order valence-corrected chi connectivity index (χ0v) is 10.4. The molecule has 0 aromatic carbocycles. The molecule has 1 fully saturated rings. The van der Waals surface area contributed by atoms with E-state index in [1.54, 1.807) is 0 Å². The van der Waals surface area contributed by atoms with Crippen LogP contribution in [0.5, 0.6) is 0 Å². The Morgan fingerprint density at radius 2 is 2.12 bits per heavy atom. The second-order valence-electron chi connectivity index (χ2n) is 4.24. The molecule has 0 amide bonds. The molecule has 1 aliphatic heterocycles. The highest BCUT2D eigenvalue weighted by Crippen LogP contribution is 2.23. The van der Waals surface area contributed by atoms with Gasteiger partial charge in [-0.05, 0) is 18.8 Å². The van der Waals surface area contributed by atoms with Gasteiger partial charge < -0.3 is 5.11 Å². The first-order chi connectivity index (χ1) is 7.34. The van der Waals surface area contributed by atoms with E-state index in [0.29, 0.717) is 19.5 Å². The smallest absolute Gasteiger partial charge is 0.303 e. The average molecular weight is 250 g/mol. The molecule has 94 valence electrons. The summed E-state index contributed by atoms with van der Waals surface area (Å²) >= 11 is 0. The number of aliphatic carboxylic acids is 1. The maximum Gasteiger partial charge on any atom is 0.303 e. The minimum Gasteiger partial charge on any atom is -0.481 e. The highest BCUT2D eigenvalue weighted by Gasteiger charge is 2.32. The molecule has 1 atom stereocenters. The van der Waals surface area contributed by atoms with Crippen LogP contribution in [0.4, 0.5) is 0 Å². The van der Waals surface area contributed by atoms with Crippen molar-refractivity contribution in [1.29, 1.82) is 0 Å². The number of carbonyl (C=O) groups is 1. The molecule has 0 aromatic rings. The minimum atomic E-state index is -3.33. The van der Waals surface area contributed by atoms with E-state index in [1.165, 1.54) is 22.7 Å². The summed E-state index contributed by atoms with van der Waals surface area (Å²) in [6.07, 6.45) is 1.41. The third-order valence-corrected chi connectivity index (χ3v) is 4.71. The Labute approximate surface area is 96.0 Å². The van der Waals surface area contributed by atoms with Crippen LogP contribution < -0.4 is 0 Å². The van der Waals surface area contributed by atoms with Crippen molar-refractivity contribution in [2.24, 2.45) is 5.92 Å². The van der Waals surface area contributed by atoms with Gasteiger partial charge in [-0.2, -0.15) is 17.0 Å². The first-order valence-electron chi connectivity index (χ1n) is 5.23. The topological polar surface area (TPSA) is 77.9 Å². The molecular formula is C9H18N2O4S. The normalized spacial score (nSPS) is 22.8. The van der Waals surface area contributed by atoms with Crippen LogP contribution >= 0.6 is 0 Å². The van der Waals surface area contributed by atoms with Crippen molar-refractivity contribution >= 4 is 16.2 Å². The zero-order valence-electron chi connectivity index (χ0n) is 9.59. The molecule has 7 heteroatoms. The second kappa shape index (κ2) is 5.11. The van der Waals surface area contributed by atoms with E-state index in [0.717, 1.165) is 6.42 Å². The fourth-order valence-corrected chi connectivity index (χ4v) is 3.00. The largest absolute Gasteiger partial charge is 0.481 e. The first kappa shape index (κ1) is 13.4. The van der Waals surface area contributed by atoms with Crippen LogP contribution in [-0.4, -0.2) is 55.3 Å². The SMILES string of the molecule is CN(C)S(=O)(=O)N1CCC(CCC(=O)O)C1. The van der Waals surface area contributed by atoms with Gasteiger partial charge in [0.05, 0.1) is 0 Å². The van der Waals surface area contributed by atoms with Gasteiger partial charge in [-0.3, -0.25) is 4.79 Å². The number of rotatable bonds is 5. The monoisotopic (exact) mass is 250 g/mol. The predicted molar refractivity (Wildman–Crippen MR) is 59.2 cm³/mol. The van der Waals surface area contributed by atoms with Gasteiger partial charge in [-0.1, -0.05) is 0 Å². The van der Waals surface area contributed by atoms with E-state index in [9.17, 15) is 13.2 Å². The zero-order chi connectivity index (χ0) is 12.3. The highest BCUT2D eigenvalue weighted by molar-refractivity contribution is 7.86. The standard InChI is InChI=1S/C9H18N2O4S/c1-10(2)16(14,15)11-6-5-8(7-11)3-4-9(12)13/h8H,3-7H2,1-2H3,(H,12,13). The van der Waals surface area contributed by atoms with Gasteiger partial charge in [0.1, 0.15) is 0 Å². The van der Waals surface area contributed by atoms with Gasteiger partial charge in [0.2, 0.25) is 0 Å². The Hall–Kier alpha value is -0.660. The lowest BCUT2D eigenvalue weighted by Gasteiger charge is -2.20. The third-order valence-electron chi connectivity index (χ3n) is 2.80. The lowest BCUT2D eigenvalue weighted by Crippen LogP contribution is -2.38. The van der Waals surface area contributed by atoms with Crippen LogP contribution in [0.25, 0.3) is 0 Å². The van der Waals surface area contributed by atoms with Gasteiger partial charge in [0.25, 0.3) is 10.2 Å². The molecule has 0 aliphatic carbocycles. The fraction of sp³-hybridized carbons (Fsp3) is 0.889. The molecule has 0 spiro atoms. The Kier molecular flexibility index (Phi) is 4.28. The number of hydrogen-bond acceptors (Lipinski definition) is 3. The Morgan fingerprint density at radius 1 is 1.50 bits per heavy atom. The molecule has 0 saturated carbocycles. The summed E-state index contributed by atoms with van der Waals surface area (Å²) in [6.45, 7) is 0.929. The van der Waals surface area contributed by atoms with Gasteiger partial charge in [-0.25, -0.2) is 0 Å². The molecule has 0 radical (unpaired) electrons. The van der Waals surface area contributed by atoms with E-state index >= 15 is 0 Å². The molecule has 6 nitrogen and oxygen atoms in total. The fourth-order valence-electron chi connectivity index (χ4n) is 1.80. The number of carboxylic acids is 1. The summed E-state index contributed by atoms with van der Waals surface area (Å²) in [7, 11) is -0.329. The van der Waals surface area contributed by atoms with Crippen molar-refractivity contribution in [3.63, 3.8) is 0 Å². The van der Waals surface area contributed by atoms with Crippen LogP contribution in [0.15, 0.2) is 0 Å². The summed E-state index contributed by atoms with van der Waals surface area (Å²) in [6, 6.07) is 0. The molecule has 1 unspecified atom stereocenters. The Balaban J connectivity index is 2.50.